The molecular formula is C26H24ClN5O2S. The molecule has 7 nitrogen and oxygen atoms in total. The number of carbonyl (C=O) groups excluding carboxylic acids is 2. The van der Waals surface area contributed by atoms with Gasteiger partial charge in [-0.1, -0.05) is 41.6 Å². The predicted molar refractivity (Wildman–Crippen MR) is 141 cm³/mol. The van der Waals surface area contributed by atoms with Crippen LogP contribution in [0.1, 0.15) is 30.0 Å². The molecule has 3 aromatic carbocycles. The lowest BCUT2D eigenvalue weighted by Crippen LogP contribution is -2.23. The van der Waals surface area contributed by atoms with Gasteiger partial charge in [0.15, 0.2) is 16.8 Å². The lowest BCUT2D eigenvalue weighted by molar-refractivity contribution is -0.115. The molecule has 0 fully saturated rings. The number of ketones is 1. The van der Waals surface area contributed by atoms with Crippen LogP contribution in [0.25, 0.3) is 5.69 Å². The Kier molecular flexibility index (Phi) is 7.84. The molecule has 35 heavy (non-hydrogen) atoms. The van der Waals surface area contributed by atoms with E-state index in [-0.39, 0.29) is 11.7 Å². The van der Waals surface area contributed by atoms with Crippen molar-refractivity contribution in [2.24, 2.45) is 0 Å². The minimum Gasteiger partial charge on any atom is -0.378 e. The molecule has 4 rings (SSSR count). The van der Waals surface area contributed by atoms with Crippen molar-refractivity contribution in [1.29, 1.82) is 0 Å². The highest BCUT2D eigenvalue weighted by atomic mass is 35.5. The highest BCUT2D eigenvalue weighted by Gasteiger charge is 2.21. The van der Waals surface area contributed by atoms with Crippen LogP contribution >= 0.6 is 23.4 Å². The quantitative estimate of drug-likeness (QED) is 0.219. The molecule has 0 bridgehead atoms. The summed E-state index contributed by atoms with van der Waals surface area (Å²) >= 11 is 7.30. The van der Waals surface area contributed by atoms with Gasteiger partial charge in [0.1, 0.15) is 0 Å². The van der Waals surface area contributed by atoms with Crippen LogP contribution in [0.15, 0.2) is 84.0 Å². The van der Waals surface area contributed by atoms with E-state index < -0.39 is 5.25 Å². The topological polar surface area (TPSA) is 88.9 Å². The second-order valence-electron chi connectivity index (χ2n) is 7.81. The number of halogens is 1. The number of para-hydroxylation sites is 1. The molecule has 0 radical (unpaired) electrons. The third-order valence-electron chi connectivity index (χ3n) is 5.22. The average Bonchev–Trinajstić information content (AvgIpc) is 3.26. The largest absolute Gasteiger partial charge is 0.378 e. The zero-order valence-corrected chi connectivity index (χ0v) is 20.8. The van der Waals surface area contributed by atoms with E-state index in [1.165, 1.54) is 18.7 Å². The van der Waals surface area contributed by atoms with Gasteiger partial charge in [0, 0.05) is 27.6 Å². The number of thioether (sulfide) groups is 1. The van der Waals surface area contributed by atoms with Gasteiger partial charge in [-0.2, -0.15) is 0 Å². The maximum Gasteiger partial charge on any atom is 0.237 e. The molecular weight excluding hydrogens is 482 g/mol. The molecule has 0 aliphatic heterocycles. The zero-order chi connectivity index (χ0) is 24.8. The second kappa shape index (κ2) is 11.2. The Balaban J connectivity index is 1.50. The van der Waals surface area contributed by atoms with Gasteiger partial charge in [0.25, 0.3) is 0 Å². The van der Waals surface area contributed by atoms with Crippen LogP contribution in [-0.2, 0) is 11.3 Å². The molecule has 1 atom stereocenters. The van der Waals surface area contributed by atoms with Crippen molar-refractivity contribution >= 4 is 46.4 Å². The first-order chi connectivity index (χ1) is 16.9. The van der Waals surface area contributed by atoms with Gasteiger partial charge in [-0.3, -0.25) is 14.2 Å². The number of Topliss-reactive ketones (excluding diaryl/α,β-unsaturated/α-hetero) is 1. The van der Waals surface area contributed by atoms with Crippen molar-refractivity contribution in [1.82, 2.24) is 14.8 Å². The maximum atomic E-state index is 12.8. The van der Waals surface area contributed by atoms with E-state index in [2.05, 4.69) is 20.8 Å². The van der Waals surface area contributed by atoms with Gasteiger partial charge < -0.3 is 10.6 Å². The minimum atomic E-state index is -0.439. The fraction of sp³-hybridized carbons (Fsp3) is 0.154. The predicted octanol–water partition coefficient (Wildman–Crippen LogP) is 5.85. The van der Waals surface area contributed by atoms with E-state index in [1.807, 2.05) is 66.1 Å². The number of hydrogen-bond acceptors (Lipinski definition) is 6. The molecule has 9 heteroatoms. The summed E-state index contributed by atoms with van der Waals surface area (Å²) in [6.45, 7) is 3.77. The number of carbonyl (C=O) groups is 2. The Bertz CT molecular complexity index is 1310. The highest BCUT2D eigenvalue weighted by Crippen LogP contribution is 2.27. The van der Waals surface area contributed by atoms with E-state index in [9.17, 15) is 9.59 Å². The van der Waals surface area contributed by atoms with Crippen LogP contribution in [0, 0.1) is 0 Å². The minimum absolute atomic E-state index is 0.0200. The molecule has 0 saturated carbocycles. The molecule has 1 unspecified atom stereocenters. The van der Waals surface area contributed by atoms with Crippen LogP contribution in [0.5, 0.6) is 0 Å². The average molecular weight is 506 g/mol. The lowest BCUT2D eigenvalue weighted by Gasteiger charge is -2.14. The Hall–Kier alpha value is -3.62. The number of anilines is 2. The van der Waals surface area contributed by atoms with Crippen LogP contribution in [0.3, 0.4) is 0 Å². The van der Waals surface area contributed by atoms with E-state index in [4.69, 9.17) is 11.6 Å². The molecule has 1 aromatic heterocycles. The smallest absolute Gasteiger partial charge is 0.237 e. The highest BCUT2D eigenvalue weighted by molar-refractivity contribution is 8.00. The summed E-state index contributed by atoms with van der Waals surface area (Å²) in [5.74, 6) is 0.517. The summed E-state index contributed by atoms with van der Waals surface area (Å²) in [6.07, 6.45) is 0. The summed E-state index contributed by atoms with van der Waals surface area (Å²) in [6, 6.07) is 24.1. The lowest BCUT2D eigenvalue weighted by atomic mass is 10.1. The molecule has 0 spiro atoms. The fourth-order valence-electron chi connectivity index (χ4n) is 3.32. The normalized spacial score (nSPS) is 11.6. The van der Waals surface area contributed by atoms with Gasteiger partial charge in [0.2, 0.25) is 5.91 Å². The van der Waals surface area contributed by atoms with Crippen LogP contribution in [-0.4, -0.2) is 31.7 Å². The Morgan fingerprint density at radius 3 is 2.26 bits per heavy atom. The van der Waals surface area contributed by atoms with E-state index in [0.29, 0.717) is 33.8 Å². The molecule has 178 valence electrons. The SMILES string of the molecule is CC(=O)c1ccc(NC(=O)C(C)Sc2nnc(CNc3ccc(Cl)cc3)n2-c2ccccc2)cc1. The molecule has 1 heterocycles. The van der Waals surface area contributed by atoms with Gasteiger partial charge in [-0.15, -0.1) is 10.2 Å². The van der Waals surface area contributed by atoms with Gasteiger partial charge in [-0.05, 0) is 74.5 Å². The van der Waals surface area contributed by atoms with Crippen molar-refractivity contribution in [3.05, 3.63) is 95.3 Å². The van der Waals surface area contributed by atoms with Crippen molar-refractivity contribution in [3.8, 4) is 5.69 Å². The van der Waals surface area contributed by atoms with Crippen LogP contribution in [0.2, 0.25) is 5.02 Å². The molecule has 0 aliphatic rings. The molecule has 2 N–H and O–H groups in total. The first kappa shape index (κ1) is 24.5. The van der Waals surface area contributed by atoms with Crippen molar-refractivity contribution in [2.45, 2.75) is 30.8 Å². The molecule has 1 amide bonds. The molecule has 0 saturated heterocycles. The molecule has 4 aromatic rings. The number of rotatable bonds is 9. The van der Waals surface area contributed by atoms with Crippen LogP contribution in [0.4, 0.5) is 11.4 Å². The number of hydrogen-bond donors (Lipinski definition) is 2. The monoisotopic (exact) mass is 505 g/mol. The maximum absolute atomic E-state index is 12.8. The summed E-state index contributed by atoms with van der Waals surface area (Å²) in [7, 11) is 0. The van der Waals surface area contributed by atoms with E-state index >= 15 is 0 Å². The van der Waals surface area contributed by atoms with Crippen molar-refractivity contribution in [3.63, 3.8) is 0 Å². The number of nitrogens with one attached hydrogen (secondary N) is 2. The fourth-order valence-corrected chi connectivity index (χ4v) is 4.33. The third-order valence-corrected chi connectivity index (χ3v) is 6.51. The Morgan fingerprint density at radius 2 is 1.60 bits per heavy atom. The summed E-state index contributed by atoms with van der Waals surface area (Å²) in [4.78, 5) is 24.3. The van der Waals surface area contributed by atoms with Gasteiger partial charge >= 0.3 is 0 Å². The van der Waals surface area contributed by atoms with Gasteiger partial charge in [0.05, 0.1) is 11.8 Å². The number of benzene rings is 3. The first-order valence-corrected chi connectivity index (χ1v) is 12.2. The summed E-state index contributed by atoms with van der Waals surface area (Å²) < 4.78 is 1.94. The van der Waals surface area contributed by atoms with E-state index in [1.54, 1.807) is 24.3 Å². The summed E-state index contributed by atoms with van der Waals surface area (Å²) in [5.41, 5.74) is 3.04. The van der Waals surface area contributed by atoms with Crippen LogP contribution < -0.4 is 10.6 Å². The van der Waals surface area contributed by atoms with Gasteiger partial charge in [-0.25, -0.2) is 0 Å². The number of nitrogens with zero attached hydrogens (tertiary/aromatic N) is 3. The van der Waals surface area contributed by atoms with Crippen molar-refractivity contribution in [2.75, 3.05) is 10.6 Å². The van der Waals surface area contributed by atoms with E-state index in [0.717, 1.165) is 11.4 Å². The van der Waals surface area contributed by atoms with Crippen molar-refractivity contribution < 1.29 is 9.59 Å². The molecule has 0 aliphatic carbocycles. The number of aromatic nitrogens is 3. The zero-order valence-electron chi connectivity index (χ0n) is 19.2. The standard InChI is InChI=1S/C26H24ClN5O2S/c1-17(33)19-8-12-22(13-9-19)29-25(34)18(2)35-26-31-30-24(32(26)23-6-4-3-5-7-23)16-28-21-14-10-20(27)11-15-21/h3-15,18,28H,16H2,1-2H3,(H,29,34). The Morgan fingerprint density at radius 1 is 0.943 bits per heavy atom. The Labute approximate surface area is 212 Å². The number of amides is 1. The third kappa shape index (κ3) is 6.29. The second-order valence-corrected chi connectivity index (χ2v) is 9.56. The first-order valence-electron chi connectivity index (χ1n) is 11.0. The summed E-state index contributed by atoms with van der Waals surface area (Å²) in [5, 5.41) is 15.8.